The number of hydrogen-bond donors (Lipinski definition) is 1. The molecule has 4 heterocycles. The van der Waals surface area contributed by atoms with Gasteiger partial charge in [-0.25, -0.2) is 19.2 Å². The van der Waals surface area contributed by atoms with Crippen molar-refractivity contribution in [3.8, 4) is 11.3 Å². The van der Waals surface area contributed by atoms with Gasteiger partial charge in [-0.1, -0.05) is 36.4 Å². The fourth-order valence-electron chi connectivity index (χ4n) is 5.88. The van der Waals surface area contributed by atoms with Gasteiger partial charge in [0.15, 0.2) is 0 Å². The van der Waals surface area contributed by atoms with Gasteiger partial charge in [0.05, 0.1) is 29.4 Å². The molecule has 3 atom stereocenters. The van der Waals surface area contributed by atoms with E-state index in [1.165, 1.54) is 17.0 Å². The maximum absolute atomic E-state index is 14.8. The van der Waals surface area contributed by atoms with Crippen molar-refractivity contribution in [2.24, 2.45) is 0 Å². The Hall–Kier alpha value is -4.51. The number of aromatic nitrogens is 3. The number of rotatable bonds is 3. The van der Waals surface area contributed by atoms with Crippen molar-refractivity contribution in [3.05, 3.63) is 77.9 Å². The van der Waals surface area contributed by atoms with Gasteiger partial charge in [0, 0.05) is 44.9 Å². The molecule has 0 unspecified atom stereocenters. The number of carbonyl (C=O) groups excluding carboxylic acids is 2. The zero-order chi connectivity index (χ0) is 29.4. The summed E-state index contributed by atoms with van der Waals surface area (Å²) in [6.45, 7) is 2.88. The fraction of sp³-hybridized carbons (Fsp3) is 0.355. The van der Waals surface area contributed by atoms with Gasteiger partial charge in [0.1, 0.15) is 30.1 Å². The van der Waals surface area contributed by atoms with Crippen LogP contribution in [0.1, 0.15) is 17.8 Å². The van der Waals surface area contributed by atoms with E-state index >= 15 is 0 Å². The molecule has 4 bridgehead atoms. The summed E-state index contributed by atoms with van der Waals surface area (Å²) in [5.74, 6) is 0.640. The smallest absolute Gasteiger partial charge is 0.410 e. The Morgan fingerprint density at radius 3 is 2.67 bits per heavy atom. The third-order valence-electron chi connectivity index (χ3n) is 7.97. The minimum absolute atomic E-state index is 0.106. The van der Waals surface area contributed by atoms with Gasteiger partial charge >= 0.3 is 6.09 Å². The third kappa shape index (κ3) is 5.39. The van der Waals surface area contributed by atoms with Crippen LogP contribution in [0.2, 0.25) is 0 Å². The van der Waals surface area contributed by atoms with Crippen LogP contribution in [-0.2, 0) is 27.4 Å². The van der Waals surface area contributed by atoms with Crippen LogP contribution in [0, 0.1) is 12.7 Å². The summed E-state index contributed by atoms with van der Waals surface area (Å²) in [5.41, 5.74) is 3.32. The van der Waals surface area contributed by atoms with Crippen LogP contribution in [0.4, 0.5) is 15.0 Å². The van der Waals surface area contributed by atoms with Crippen molar-refractivity contribution in [3.63, 3.8) is 0 Å². The van der Waals surface area contributed by atoms with E-state index in [0.717, 1.165) is 11.1 Å². The lowest BCUT2D eigenvalue weighted by atomic mass is 10.1. The first-order chi connectivity index (χ1) is 20.3. The number of anilines is 1. The molecule has 4 aromatic rings. The first-order valence-corrected chi connectivity index (χ1v) is 14.0. The van der Waals surface area contributed by atoms with E-state index < -0.39 is 24.1 Å². The second-order valence-electron chi connectivity index (χ2n) is 10.9. The Balaban J connectivity index is 1.37. The van der Waals surface area contributed by atoms with Crippen LogP contribution >= 0.6 is 0 Å². The Kier molecular flexibility index (Phi) is 7.51. The highest BCUT2D eigenvalue weighted by molar-refractivity contribution is 5.92. The second kappa shape index (κ2) is 11.4. The number of imidazole rings is 1. The number of fused-ring (bicyclic) bond motifs is 5. The number of likely N-dealkylation sites (tertiary alicyclic amines) is 1. The molecule has 0 aliphatic carbocycles. The van der Waals surface area contributed by atoms with Crippen LogP contribution in [0.25, 0.3) is 22.3 Å². The monoisotopic (exact) mass is 572 g/mol. The topological polar surface area (TPSA) is 102 Å². The number of hydrogen-bond acceptors (Lipinski definition) is 7. The minimum atomic E-state index is -0.727. The largest absolute Gasteiger partial charge is 0.445 e. The van der Waals surface area contributed by atoms with Crippen molar-refractivity contribution in [2.75, 3.05) is 32.6 Å². The number of amides is 2. The number of methoxy groups -OCH3 is 1. The average molecular weight is 573 g/mol. The average Bonchev–Trinajstić information content (AvgIpc) is 3.54. The van der Waals surface area contributed by atoms with Crippen molar-refractivity contribution in [1.29, 1.82) is 0 Å². The van der Waals surface area contributed by atoms with Crippen LogP contribution in [0.3, 0.4) is 0 Å². The van der Waals surface area contributed by atoms with E-state index in [1.54, 1.807) is 19.1 Å². The van der Waals surface area contributed by atoms with Gasteiger partial charge in [0.25, 0.3) is 0 Å². The van der Waals surface area contributed by atoms with E-state index in [1.807, 2.05) is 60.0 Å². The quantitative estimate of drug-likeness (QED) is 0.392. The predicted octanol–water partition coefficient (Wildman–Crippen LogP) is 4.22. The molecule has 1 saturated heterocycles. The molecule has 42 heavy (non-hydrogen) atoms. The molecule has 0 saturated carbocycles. The number of halogens is 1. The normalized spacial score (nSPS) is 20.7. The van der Waals surface area contributed by atoms with Gasteiger partial charge in [-0.2, -0.15) is 0 Å². The maximum Gasteiger partial charge on any atom is 0.410 e. The molecule has 218 valence electrons. The summed E-state index contributed by atoms with van der Waals surface area (Å²) >= 11 is 0. The van der Waals surface area contributed by atoms with Gasteiger partial charge < -0.3 is 24.3 Å². The maximum atomic E-state index is 14.8. The van der Waals surface area contributed by atoms with Crippen LogP contribution < -0.4 is 5.32 Å². The van der Waals surface area contributed by atoms with Gasteiger partial charge in [-0.3, -0.25) is 9.69 Å². The Bertz CT molecular complexity index is 1630. The number of ether oxygens (including phenoxy) is 2. The summed E-state index contributed by atoms with van der Waals surface area (Å²) in [7, 11) is 3.31. The highest BCUT2D eigenvalue weighted by Gasteiger charge is 2.42. The van der Waals surface area contributed by atoms with E-state index in [-0.39, 0.29) is 31.6 Å². The van der Waals surface area contributed by atoms with Gasteiger partial charge in [-0.05, 0) is 37.1 Å². The number of likely N-dealkylation sites (N-methyl/N-ethyl adjacent to an activating group) is 1. The molecule has 1 N–H and O–H groups in total. The van der Waals surface area contributed by atoms with Crippen molar-refractivity contribution in [1.82, 2.24) is 24.3 Å². The molecule has 2 aromatic heterocycles. The number of aryl methyl sites for hydroxylation is 1. The van der Waals surface area contributed by atoms with Gasteiger partial charge in [0.2, 0.25) is 5.91 Å². The Morgan fingerprint density at radius 1 is 1.07 bits per heavy atom. The van der Waals surface area contributed by atoms with E-state index in [2.05, 4.69) is 10.3 Å². The molecule has 2 amide bonds. The summed E-state index contributed by atoms with van der Waals surface area (Å²) in [6, 6.07) is 16.8. The molecule has 6 rings (SSSR count). The summed E-state index contributed by atoms with van der Waals surface area (Å²) in [4.78, 5) is 39.7. The lowest BCUT2D eigenvalue weighted by molar-refractivity contribution is -0.136. The SMILES string of the molecule is CO[C@H]1CN(C)C(=O)[C@@H]2C[C@@H](CN2C(=O)OCc2ccccc2)Nc2cccc(n2)-c2cc(F)cc3nc(C)n(c23)C1. The Labute approximate surface area is 243 Å². The standard InChI is InChI=1S/C31H33FN6O4/c1-19-33-26-13-21(32)12-24-25-10-7-11-28(35-25)34-22-14-27(30(39)36(2)16-23(41-3)17-37(19)29(24)26)38(15-22)31(40)42-18-20-8-5-4-6-9-20/h4-13,22-23,27H,14-18H2,1-3H3,(H,34,35)/t22-,23-,27-/m0/s1. The number of benzene rings is 2. The molecule has 2 aliphatic heterocycles. The molecule has 11 heteroatoms. The molecule has 1 fully saturated rings. The van der Waals surface area contributed by atoms with Crippen molar-refractivity contribution in [2.45, 2.75) is 44.7 Å². The minimum Gasteiger partial charge on any atom is -0.445 e. The summed E-state index contributed by atoms with van der Waals surface area (Å²) in [6.07, 6.45) is -0.575. The van der Waals surface area contributed by atoms with Gasteiger partial charge in [-0.15, -0.1) is 0 Å². The molecule has 0 radical (unpaired) electrons. The second-order valence-corrected chi connectivity index (χ2v) is 10.9. The first kappa shape index (κ1) is 27.6. The van der Waals surface area contributed by atoms with Crippen molar-refractivity contribution >= 4 is 28.9 Å². The van der Waals surface area contributed by atoms with Crippen LogP contribution in [0.15, 0.2) is 60.7 Å². The highest BCUT2D eigenvalue weighted by atomic mass is 19.1. The van der Waals surface area contributed by atoms with Crippen LogP contribution in [0.5, 0.6) is 0 Å². The zero-order valence-corrected chi connectivity index (χ0v) is 23.8. The summed E-state index contributed by atoms with van der Waals surface area (Å²) in [5, 5.41) is 3.40. The molecule has 0 spiro atoms. The number of carbonyl (C=O) groups is 2. The van der Waals surface area contributed by atoms with E-state index in [0.29, 0.717) is 41.4 Å². The number of nitrogens with zero attached hydrogens (tertiary/aromatic N) is 5. The number of nitrogens with one attached hydrogen (secondary N) is 1. The Morgan fingerprint density at radius 2 is 1.88 bits per heavy atom. The van der Waals surface area contributed by atoms with Crippen molar-refractivity contribution < 1.29 is 23.5 Å². The molecule has 2 aliphatic rings. The lowest BCUT2D eigenvalue weighted by Crippen LogP contribution is -2.49. The third-order valence-corrected chi connectivity index (χ3v) is 7.97. The van der Waals surface area contributed by atoms with E-state index in [9.17, 15) is 14.0 Å². The molecular formula is C31H33FN6O4. The fourth-order valence-corrected chi connectivity index (χ4v) is 5.88. The van der Waals surface area contributed by atoms with Crippen LogP contribution in [-0.4, -0.2) is 81.8 Å². The van der Waals surface area contributed by atoms with E-state index in [4.69, 9.17) is 14.5 Å². The highest BCUT2D eigenvalue weighted by Crippen LogP contribution is 2.32. The molecule has 2 aromatic carbocycles. The lowest BCUT2D eigenvalue weighted by Gasteiger charge is -2.29. The first-order valence-electron chi connectivity index (χ1n) is 14.0. The molecular weight excluding hydrogens is 539 g/mol. The zero-order valence-electron chi connectivity index (χ0n) is 23.8. The summed E-state index contributed by atoms with van der Waals surface area (Å²) < 4.78 is 28.2. The predicted molar refractivity (Wildman–Crippen MR) is 155 cm³/mol. The number of pyridine rings is 1. The molecule has 10 nitrogen and oxygen atoms in total.